The lowest BCUT2D eigenvalue weighted by molar-refractivity contribution is -0.142. The van der Waals surface area contributed by atoms with Crippen LogP contribution in [0.1, 0.15) is 24.9 Å². The Morgan fingerprint density at radius 2 is 2.46 bits per heavy atom. The monoisotopic (exact) mass is 182 g/mol. The highest BCUT2D eigenvalue weighted by Crippen LogP contribution is 1.98. The van der Waals surface area contributed by atoms with Gasteiger partial charge in [0, 0.05) is 11.9 Å². The number of nitrogens with one attached hydrogen (secondary N) is 1. The number of hydrogen-bond acceptors (Lipinski definition) is 3. The van der Waals surface area contributed by atoms with Crippen molar-refractivity contribution >= 4 is 5.97 Å². The van der Waals surface area contributed by atoms with E-state index in [4.69, 9.17) is 4.74 Å². The van der Waals surface area contributed by atoms with Crippen LogP contribution in [0.2, 0.25) is 0 Å². The normalized spacial score (nSPS) is 10.0. The van der Waals surface area contributed by atoms with Crippen LogP contribution in [0.5, 0.6) is 0 Å². The number of ether oxygens (including phenoxy) is 1. The average Bonchev–Trinajstić information content (AvgIpc) is 2.48. The summed E-state index contributed by atoms with van der Waals surface area (Å²) in [4.78, 5) is 18.1. The highest BCUT2D eigenvalue weighted by Gasteiger charge is 2.05. The Kier molecular flexibility index (Phi) is 3.49. The molecule has 0 fully saturated rings. The molecule has 0 aliphatic rings. The molecule has 1 heterocycles. The number of carbonyl (C=O) groups excluding carboxylic acids is 1. The van der Waals surface area contributed by atoms with Gasteiger partial charge in [0.25, 0.3) is 0 Å². The molecule has 72 valence electrons. The summed E-state index contributed by atoms with van der Waals surface area (Å²) in [6.07, 6.45) is 2.79. The zero-order chi connectivity index (χ0) is 9.68. The number of imidazole rings is 1. The lowest BCUT2D eigenvalue weighted by Gasteiger charge is -2.00. The number of esters is 1. The minimum atomic E-state index is -0.203. The van der Waals surface area contributed by atoms with Gasteiger partial charge in [-0.05, 0) is 13.3 Å². The fourth-order valence-corrected chi connectivity index (χ4v) is 0.984. The first-order valence-electron chi connectivity index (χ1n) is 4.38. The Labute approximate surface area is 77.3 Å². The molecule has 1 rings (SSSR count). The van der Waals surface area contributed by atoms with E-state index >= 15 is 0 Å². The molecule has 0 bridgehead atoms. The van der Waals surface area contributed by atoms with Crippen molar-refractivity contribution < 1.29 is 9.53 Å². The van der Waals surface area contributed by atoms with Crippen LogP contribution >= 0.6 is 0 Å². The highest BCUT2D eigenvalue weighted by molar-refractivity contribution is 5.71. The summed E-state index contributed by atoms with van der Waals surface area (Å²) in [6.45, 7) is 4.31. The molecular formula is C9H14N2O2. The maximum atomic E-state index is 11.1. The van der Waals surface area contributed by atoms with Crippen LogP contribution in [0.15, 0.2) is 6.20 Å². The Morgan fingerprint density at radius 1 is 1.69 bits per heavy atom. The number of carbonyl (C=O) groups is 1. The van der Waals surface area contributed by atoms with Crippen molar-refractivity contribution in [3.63, 3.8) is 0 Å². The minimum absolute atomic E-state index is 0.203. The average molecular weight is 182 g/mol. The van der Waals surface area contributed by atoms with Crippen molar-refractivity contribution in [2.24, 2.45) is 0 Å². The molecule has 13 heavy (non-hydrogen) atoms. The van der Waals surface area contributed by atoms with Crippen LogP contribution in [0.25, 0.3) is 0 Å². The predicted octanol–water partition coefficient (Wildman–Crippen LogP) is 1.21. The van der Waals surface area contributed by atoms with Crippen LogP contribution in [0.3, 0.4) is 0 Å². The summed E-state index contributed by atoms with van der Waals surface area (Å²) in [7, 11) is 0. The number of hydrogen-bond donors (Lipinski definition) is 1. The SMILES string of the molecule is CCCOC(=O)Cc1cnc(C)[nH]1. The molecule has 1 N–H and O–H groups in total. The van der Waals surface area contributed by atoms with Gasteiger partial charge in [0.2, 0.25) is 0 Å². The zero-order valence-electron chi connectivity index (χ0n) is 7.96. The van der Waals surface area contributed by atoms with E-state index < -0.39 is 0 Å². The first kappa shape index (κ1) is 9.77. The second-order valence-electron chi connectivity index (χ2n) is 2.89. The Hall–Kier alpha value is -1.32. The lowest BCUT2D eigenvalue weighted by Crippen LogP contribution is -2.08. The van der Waals surface area contributed by atoms with Gasteiger partial charge in [-0.2, -0.15) is 0 Å². The molecule has 0 saturated carbocycles. The van der Waals surface area contributed by atoms with Gasteiger partial charge in [-0.25, -0.2) is 4.98 Å². The Morgan fingerprint density at radius 3 is 3.00 bits per heavy atom. The van der Waals surface area contributed by atoms with Crippen molar-refractivity contribution in [3.8, 4) is 0 Å². The third-order valence-electron chi connectivity index (χ3n) is 1.56. The number of nitrogens with zero attached hydrogens (tertiary/aromatic N) is 1. The zero-order valence-corrected chi connectivity index (χ0v) is 7.96. The van der Waals surface area contributed by atoms with Gasteiger partial charge in [-0.1, -0.05) is 6.92 Å². The molecule has 0 radical (unpaired) electrons. The van der Waals surface area contributed by atoms with Gasteiger partial charge in [-0.3, -0.25) is 4.79 Å². The second-order valence-corrected chi connectivity index (χ2v) is 2.89. The first-order valence-corrected chi connectivity index (χ1v) is 4.38. The molecule has 0 aliphatic carbocycles. The fraction of sp³-hybridized carbons (Fsp3) is 0.556. The van der Waals surface area contributed by atoms with Crippen LogP contribution in [-0.2, 0) is 16.0 Å². The molecule has 0 amide bonds. The molecule has 4 heteroatoms. The van der Waals surface area contributed by atoms with Gasteiger partial charge in [0.05, 0.1) is 13.0 Å². The molecule has 1 aromatic rings. The van der Waals surface area contributed by atoms with E-state index in [1.54, 1.807) is 6.20 Å². The highest BCUT2D eigenvalue weighted by atomic mass is 16.5. The van der Waals surface area contributed by atoms with Crippen LogP contribution in [0.4, 0.5) is 0 Å². The molecule has 0 saturated heterocycles. The summed E-state index contributed by atoms with van der Waals surface area (Å²) < 4.78 is 4.92. The Bertz CT molecular complexity index is 281. The molecule has 0 atom stereocenters. The molecule has 0 aliphatic heterocycles. The third-order valence-corrected chi connectivity index (χ3v) is 1.56. The molecular weight excluding hydrogens is 168 g/mol. The summed E-state index contributed by atoms with van der Waals surface area (Å²) in [6, 6.07) is 0. The standard InChI is InChI=1S/C9H14N2O2/c1-3-4-13-9(12)5-8-6-10-7(2)11-8/h6H,3-5H2,1-2H3,(H,10,11). The smallest absolute Gasteiger partial charge is 0.311 e. The van der Waals surface area contributed by atoms with Gasteiger partial charge < -0.3 is 9.72 Å². The van der Waals surface area contributed by atoms with E-state index in [0.29, 0.717) is 6.61 Å². The summed E-state index contributed by atoms with van der Waals surface area (Å²) in [5.74, 6) is 0.615. The lowest BCUT2D eigenvalue weighted by atomic mass is 10.3. The number of rotatable bonds is 4. The van der Waals surface area contributed by atoms with Crippen molar-refractivity contribution in [2.75, 3.05) is 6.61 Å². The van der Waals surface area contributed by atoms with E-state index in [0.717, 1.165) is 17.9 Å². The number of aromatic nitrogens is 2. The van der Waals surface area contributed by atoms with Crippen molar-refractivity contribution in [2.45, 2.75) is 26.7 Å². The topological polar surface area (TPSA) is 55.0 Å². The van der Waals surface area contributed by atoms with Gasteiger partial charge in [0.15, 0.2) is 0 Å². The Balaban J connectivity index is 2.36. The first-order chi connectivity index (χ1) is 6.22. The molecule has 0 aromatic carbocycles. The summed E-state index contributed by atoms with van der Waals surface area (Å²) in [5, 5.41) is 0. The summed E-state index contributed by atoms with van der Waals surface area (Å²) >= 11 is 0. The largest absolute Gasteiger partial charge is 0.465 e. The van der Waals surface area contributed by atoms with Crippen LogP contribution in [0, 0.1) is 6.92 Å². The van der Waals surface area contributed by atoms with Crippen LogP contribution < -0.4 is 0 Å². The summed E-state index contributed by atoms with van der Waals surface area (Å²) in [5.41, 5.74) is 0.804. The molecule has 4 nitrogen and oxygen atoms in total. The van der Waals surface area contributed by atoms with E-state index in [9.17, 15) is 4.79 Å². The number of aryl methyl sites for hydroxylation is 1. The van der Waals surface area contributed by atoms with Gasteiger partial charge in [-0.15, -0.1) is 0 Å². The van der Waals surface area contributed by atoms with Gasteiger partial charge in [0.1, 0.15) is 5.82 Å². The van der Waals surface area contributed by atoms with E-state index in [2.05, 4.69) is 9.97 Å². The second kappa shape index (κ2) is 4.64. The minimum Gasteiger partial charge on any atom is -0.465 e. The molecule has 0 unspecified atom stereocenters. The maximum absolute atomic E-state index is 11.1. The maximum Gasteiger partial charge on any atom is 0.311 e. The molecule has 1 aromatic heterocycles. The molecule has 0 spiro atoms. The van der Waals surface area contributed by atoms with Crippen molar-refractivity contribution in [1.29, 1.82) is 0 Å². The quantitative estimate of drug-likeness (QED) is 0.712. The predicted molar refractivity (Wildman–Crippen MR) is 48.3 cm³/mol. The number of aromatic amines is 1. The third kappa shape index (κ3) is 3.27. The van der Waals surface area contributed by atoms with Crippen molar-refractivity contribution in [3.05, 3.63) is 17.7 Å². The van der Waals surface area contributed by atoms with Crippen LogP contribution in [-0.4, -0.2) is 22.5 Å². The van der Waals surface area contributed by atoms with Crippen molar-refractivity contribution in [1.82, 2.24) is 9.97 Å². The van der Waals surface area contributed by atoms with E-state index in [1.165, 1.54) is 0 Å². The number of H-pyrrole nitrogens is 1. The fourth-order valence-electron chi connectivity index (χ4n) is 0.984. The van der Waals surface area contributed by atoms with E-state index in [1.807, 2.05) is 13.8 Å². The van der Waals surface area contributed by atoms with Gasteiger partial charge >= 0.3 is 5.97 Å². The van der Waals surface area contributed by atoms with E-state index in [-0.39, 0.29) is 12.4 Å².